The molecule has 0 amide bonds. The smallest absolute Gasteiger partial charge is 0.214 e. The van der Waals surface area contributed by atoms with E-state index in [4.69, 9.17) is 16.3 Å². The van der Waals surface area contributed by atoms with Crippen LogP contribution in [0.25, 0.3) is 0 Å². The highest BCUT2D eigenvalue weighted by molar-refractivity contribution is 9.10. The van der Waals surface area contributed by atoms with Gasteiger partial charge in [-0.25, -0.2) is 4.98 Å². The van der Waals surface area contributed by atoms with E-state index >= 15 is 0 Å². The third kappa shape index (κ3) is 2.64. The monoisotopic (exact) mass is 249 g/mol. The zero-order valence-electron chi connectivity index (χ0n) is 6.84. The van der Waals surface area contributed by atoms with Crippen molar-refractivity contribution in [1.82, 2.24) is 4.98 Å². The molecule has 66 valence electrons. The van der Waals surface area contributed by atoms with Gasteiger partial charge in [0.2, 0.25) is 5.88 Å². The summed E-state index contributed by atoms with van der Waals surface area (Å²) in [5.74, 6) is 0.585. The Morgan fingerprint density at radius 3 is 2.67 bits per heavy atom. The van der Waals surface area contributed by atoms with E-state index < -0.39 is 0 Å². The molecule has 0 aliphatic rings. The van der Waals surface area contributed by atoms with Gasteiger partial charge < -0.3 is 4.74 Å². The minimum Gasteiger partial charge on any atom is -0.475 e. The standard InChI is InChI=1S/C8H9BrClNO/c1-5(2)12-7-4-3-6(10)8(9)11-7/h3-5H,1-2H3. The number of halogens is 2. The van der Waals surface area contributed by atoms with Crippen molar-refractivity contribution in [2.24, 2.45) is 0 Å². The molecule has 0 unspecified atom stereocenters. The molecule has 0 radical (unpaired) electrons. The largest absolute Gasteiger partial charge is 0.475 e. The minimum absolute atomic E-state index is 0.130. The van der Waals surface area contributed by atoms with Crippen molar-refractivity contribution >= 4 is 27.5 Å². The lowest BCUT2D eigenvalue weighted by Gasteiger charge is -2.08. The van der Waals surface area contributed by atoms with Gasteiger partial charge in [0.1, 0.15) is 4.60 Å². The Morgan fingerprint density at radius 2 is 2.17 bits per heavy atom. The van der Waals surface area contributed by atoms with Gasteiger partial charge in [0.05, 0.1) is 11.1 Å². The van der Waals surface area contributed by atoms with Crippen LogP contribution in [0.4, 0.5) is 0 Å². The molecule has 0 N–H and O–H groups in total. The summed E-state index contributed by atoms with van der Waals surface area (Å²) in [5.41, 5.74) is 0. The Hall–Kier alpha value is -0.280. The van der Waals surface area contributed by atoms with E-state index in [0.29, 0.717) is 15.5 Å². The van der Waals surface area contributed by atoms with Crippen molar-refractivity contribution in [2.75, 3.05) is 0 Å². The molecule has 0 spiro atoms. The fourth-order valence-electron chi connectivity index (χ4n) is 0.708. The predicted molar refractivity (Wildman–Crippen MR) is 52.7 cm³/mol. The first-order valence-corrected chi connectivity index (χ1v) is 4.75. The van der Waals surface area contributed by atoms with Crippen molar-refractivity contribution < 1.29 is 4.74 Å². The second-order valence-corrected chi connectivity index (χ2v) is 3.75. The number of hydrogen-bond acceptors (Lipinski definition) is 2. The fourth-order valence-corrected chi connectivity index (χ4v) is 1.12. The number of pyridine rings is 1. The first kappa shape index (κ1) is 9.81. The minimum atomic E-state index is 0.130. The predicted octanol–water partition coefficient (Wildman–Crippen LogP) is 3.28. The number of rotatable bonds is 2. The van der Waals surface area contributed by atoms with Crippen LogP contribution in [0.5, 0.6) is 5.88 Å². The summed E-state index contributed by atoms with van der Waals surface area (Å²) >= 11 is 8.97. The van der Waals surface area contributed by atoms with Crippen LogP contribution in [0.15, 0.2) is 16.7 Å². The molecule has 12 heavy (non-hydrogen) atoms. The molecule has 0 bridgehead atoms. The van der Waals surface area contributed by atoms with Crippen molar-refractivity contribution in [3.63, 3.8) is 0 Å². The Labute approximate surface area is 85.0 Å². The Bertz CT molecular complexity index is 278. The van der Waals surface area contributed by atoms with Gasteiger partial charge in [-0.05, 0) is 35.8 Å². The summed E-state index contributed by atoms with van der Waals surface area (Å²) < 4.78 is 5.96. The van der Waals surface area contributed by atoms with Crippen LogP contribution >= 0.6 is 27.5 Å². The first-order chi connectivity index (χ1) is 5.59. The maximum Gasteiger partial charge on any atom is 0.214 e. The molecule has 0 aliphatic carbocycles. The summed E-state index contributed by atoms with van der Waals surface area (Å²) in [6.45, 7) is 3.90. The summed E-state index contributed by atoms with van der Waals surface area (Å²) in [7, 11) is 0. The van der Waals surface area contributed by atoms with Crippen LogP contribution in [0.3, 0.4) is 0 Å². The Balaban J connectivity index is 2.82. The number of hydrogen-bond donors (Lipinski definition) is 0. The third-order valence-electron chi connectivity index (χ3n) is 1.13. The maximum absolute atomic E-state index is 5.75. The van der Waals surface area contributed by atoms with Gasteiger partial charge >= 0.3 is 0 Å². The third-order valence-corrected chi connectivity index (χ3v) is 2.27. The number of nitrogens with zero attached hydrogens (tertiary/aromatic N) is 1. The normalized spacial score (nSPS) is 10.4. The highest BCUT2D eigenvalue weighted by Gasteiger charge is 2.02. The van der Waals surface area contributed by atoms with Gasteiger partial charge in [0, 0.05) is 6.07 Å². The second kappa shape index (κ2) is 4.10. The summed E-state index contributed by atoms with van der Waals surface area (Å²) in [6, 6.07) is 3.49. The van der Waals surface area contributed by atoms with Crippen LogP contribution < -0.4 is 4.74 Å². The van der Waals surface area contributed by atoms with E-state index in [9.17, 15) is 0 Å². The average Bonchev–Trinajstić information content (AvgIpc) is 1.96. The lowest BCUT2D eigenvalue weighted by Crippen LogP contribution is -2.06. The van der Waals surface area contributed by atoms with Crippen molar-refractivity contribution in [1.29, 1.82) is 0 Å². The van der Waals surface area contributed by atoms with Gasteiger partial charge in [0.25, 0.3) is 0 Å². The molecule has 0 saturated carbocycles. The summed E-state index contributed by atoms with van der Waals surface area (Å²) in [4.78, 5) is 4.08. The van der Waals surface area contributed by atoms with Gasteiger partial charge in [0.15, 0.2) is 0 Å². The Morgan fingerprint density at radius 1 is 1.50 bits per heavy atom. The van der Waals surface area contributed by atoms with Crippen molar-refractivity contribution in [3.05, 3.63) is 21.8 Å². The van der Waals surface area contributed by atoms with Crippen LogP contribution in [0.2, 0.25) is 5.02 Å². The molecule has 4 heteroatoms. The highest BCUT2D eigenvalue weighted by atomic mass is 79.9. The van der Waals surface area contributed by atoms with Crippen molar-refractivity contribution in [3.8, 4) is 5.88 Å². The lowest BCUT2D eigenvalue weighted by atomic mass is 10.4. The van der Waals surface area contributed by atoms with Gasteiger partial charge in [-0.1, -0.05) is 11.6 Å². The van der Waals surface area contributed by atoms with E-state index in [0.717, 1.165) is 0 Å². The van der Waals surface area contributed by atoms with Crippen LogP contribution in [-0.2, 0) is 0 Å². The zero-order chi connectivity index (χ0) is 9.14. The van der Waals surface area contributed by atoms with Crippen LogP contribution in [0, 0.1) is 0 Å². The van der Waals surface area contributed by atoms with Gasteiger partial charge in [-0.2, -0.15) is 0 Å². The number of ether oxygens (including phenoxy) is 1. The SMILES string of the molecule is CC(C)Oc1ccc(Cl)c(Br)n1. The molecule has 2 nitrogen and oxygen atoms in total. The zero-order valence-corrected chi connectivity index (χ0v) is 9.19. The maximum atomic E-state index is 5.75. The molecule has 0 saturated heterocycles. The van der Waals surface area contributed by atoms with Crippen LogP contribution in [0.1, 0.15) is 13.8 Å². The van der Waals surface area contributed by atoms with E-state index in [1.165, 1.54) is 0 Å². The highest BCUT2D eigenvalue weighted by Crippen LogP contribution is 2.23. The van der Waals surface area contributed by atoms with E-state index in [2.05, 4.69) is 20.9 Å². The number of aromatic nitrogens is 1. The fraction of sp³-hybridized carbons (Fsp3) is 0.375. The van der Waals surface area contributed by atoms with Gasteiger partial charge in [-0.15, -0.1) is 0 Å². The molecule has 0 aromatic carbocycles. The molecule has 0 fully saturated rings. The Kier molecular flexibility index (Phi) is 3.35. The van der Waals surface area contributed by atoms with E-state index in [1.54, 1.807) is 12.1 Å². The summed E-state index contributed by atoms with van der Waals surface area (Å²) in [5, 5.41) is 0.589. The van der Waals surface area contributed by atoms with E-state index in [1.807, 2.05) is 13.8 Å². The molecule has 1 heterocycles. The quantitative estimate of drug-likeness (QED) is 0.752. The molecule has 1 rings (SSSR count). The molecular weight excluding hydrogens is 241 g/mol. The van der Waals surface area contributed by atoms with E-state index in [-0.39, 0.29) is 6.10 Å². The average molecular weight is 251 g/mol. The molecule has 1 aromatic rings. The van der Waals surface area contributed by atoms with Crippen LogP contribution in [-0.4, -0.2) is 11.1 Å². The molecule has 1 aromatic heterocycles. The molecular formula is C8H9BrClNO. The topological polar surface area (TPSA) is 22.1 Å². The van der Waals surface area contributed by atoms with Gasteiger partial charge in [-0.3, -0.25) is 0 Å². The first-order valence-electron chi connectivity index (χ1n) is 3.58. The second-order valence-electron chi connectivity index (χ2n) is 2.59. The van der Waals surface area contributed by atoms with Crippen molar-refractivity contribution in [2.45, 2.75) is 20.0 Å². The lowest BCUT2D eigenvalue weighted by molar-refractivity contribution is 0.232. The molecule has 0 atom stereocenters. The summed E-state index contributed by atoms with van der Waals surface area (Å²) in [6.07, 6.45) is 0.130. The molecule has 0 aliphatic heterocycles.